The van der Waals surface area contributed by atoms with Crippen LogP contribution in [0.25, 0.3) is 0 Å². The van der Waals surface area contributed by atoms with Crippen LogP contribution in [0.4, 0.5) is 0 Å². The molecule has 1 aromatic rings. The van der Waals surface area contributed by atoms with Crippen LogP contribution < -0.4 is 5.32 Å². The highest BCUT2D eigenvalue weighted by Crippen LogP contribution is 2.34. The minimum atomic E-state index is 0.104. The van der Waals surface area contributed by atoms with Crippen LogP contribution in [0.3, 0.4) is 0 Å². The van der Waals surface area contributed by atoms with Gasteiger partial charge >= 0.3 is 0 Å². The zero-order valence-corrected chi connectivity index (χ0v) is 11.6. The molecule has 1 aliphatic carbocycles. The molecular weight excluding hydrogens is 236 g/mol. The number of hydrogen-bond donors (Lipinski definition) is 1. The number of nitrogens with zero attached hydrogens (tertiary/aromatic N) is 1. The fraction of sp³-hybridized carbons (Fsp3) is 0.562. The number of fused-ring (bicyclic) bond motifs is 1. The zero-order valence-electron chi connectivity index (χ0n) is 11.6. The number of aryl methyl sites for hydroxylation is 1. The van der Waals surface area contributed by atoms with E-state index in [0.29, 0.717) is 11.9 Å². The van der Waals surface area contributed by atoms with Crippen molar-refractivity contribution in [2.24, 2.45) is 0 Å². The topological polar surface area (TPSA) is 32.3 Å². The van der Waals surface area contributed by atoms with E-state index in [9.17, 15) is 4.79 Å². The summed E-state index contributed by atoms with van der Waals surface area (Å²) in [7, 11) is 1.99. The second kappa shape index (κ2) is 5.33. The summed E-state index contributed by atoms with van der Waals surface area (Å²) in [5.74, 6) is 0.441. The molecule has 1 N–H and O–H groups in total. The van der Waals surface area contributed by atoms with Gasteiger partial charge in [0.05, 0.1) is 5.92 Å². The minimum absolute atomic E-state index is 0.104. The molecule has 0 saturated carbocycles. The molecule has 0 spiro atoms. The fourth-order valence-corrected chi connectivity index (χ4v) is 3.45. The summed E-state index contributed by atoms with van der Waals surface area (Å²) in [6.45, 7) is 1.80. The Labute approximate surface area is 115 Å². The van der Waals surface area contributed by atoms with Crippen molar-refractivity contribution in [1.29, 1.82) is 0 Å². The molecule has 1 heterocycles. The van der Waals surface area contributed by atoms with E-state index in [2.05, 4.69) is 34.5 Å². The number of benzene rings is 1. The first kappa shape index (κ1) is 12.7. The highest BCUT2D eigenvalue weighted by molar-refractivity contribution is 5.85. The minimum Gasteiger partial charge on any atom is -0.341 e. The van der Waals surface area contributed by atoms with Gasteiger partial charge in [0, 0.05) is 19.1 Å². The van der Waals surface area contributed by atoms with E-state index < -0.39 is 0 Å². The van der Waals surface area contributed by atoms with Crippen LogP contribution >= 0.6 is 0 Å². The maximum atomic E-state index is 12.7. The monoisotopic (exact) mass is 258 g/mol. The van der Waals surface area contributed by atoms with Crippen molar-refractivity contribution in [3.63, 3.8) is 0 Å². The molecule has 0 aromatic heterocycles. The molecule has 1 aromatic carbocycles. The van der Waals surface area contributed by atoms with Gasteiger partial charge in [-0.25, -0.2) is 0 Å². The molecule has 3 nitrogen and oxygen atoms in total. The predicted octanol–water partition coefficient (Wildman–Crippen LogP) is 1.93. The van der Waals surface area contributed by atoms with Crippen LogP contribution in [-0.2, 0) is 11.2 Å². The second-order valence-corrected chi connectivity index (χ2v) is 5.70. The Hall–Kier alpha value is -1.35. The lowest BCUT2D eigenvalue weighted by Gasteiger charge is -2.34. The van der Waals surface area contributed by atoms with Crippen molar-refractivity contribution in [2.75, 3.05) is 20.1 Å². The second-order valence-electron chi connectivity index (χ2n) is 5.70. The lowest BCUT2D eigenvalue weighted by molar-refractivity contribution is -0.134. The Balaban J connectivity index is 1.75. The summed E-state index contributed by atoms with van der Waals surface area (Å²) in [5, 5.41) is 3.30. The summed E-state index contributed by atoms with van der Waals surface area (Å²) >= 11 is 0. The lowest BCUT2D eigenvalue weighted by atomic mass is 9.97. The van der Waals surface area contributed by atoms with Gasteiger partial charge in [0.1, 0.15) is 0 Å². The van der Waals surface area contributed by atoms with Crippen molar-refractivity contribution in [2.45, 2.75) is 37.6 Å². The first-order valence-electron chi connectivity index (χ1n) is 7.33. The van der Waals surface area contributed by atoms with Gasteiger partial charge in [0.2, 0.25) is 5.91 Å². The molecule has 3 rings (SSSR count). The van der Waals surface area contributed by atoms with Crippen molar-refractivity contribution >= 4 is 5.91 Å². The van der Waals surface area contributed by atoms with Gasteiger partial charge in [-0.15, -0.1) is 0 Å². The SMILES string of the molecule is CNC1CCCN(C(=O)C2CCc3ccccc32)C1. The van der Waals surface area contributed by atoms with Gasteiger partial charge in [0.25, 0.3) is 0 Å². The number of piperidine rings is 1. The van der Waals surface area contributed by atoms with Gasteiger partial charge < -0.3 is 10.2 Å². The Kier molecular flexibility index (Phi) is 3.56. The third-order valence-electron chi connectivity index (χ3n) is 4.57. The molecule has 2 unspecified atom stereocenters. The molecule has 2 aliphatic rings. The third-order valence-corrected chi connectivity index (χ3v) is 4.57. The van der Waals surface area contributed by atoms with Crippen molar-refractivity contribution < 1.29 is 4.79 Å². The van der Waals surface area contributed by atoms with Crippen LogP contribution in [0.15, 0.2) is 24.3 Å². The number of hydrogen-bond acceptors (Lipinski definition) is 2. The summed E-state index contributed by atoms with van der Waals surface area (Å²) in [6, 6.07) is 8.88. The van der Waals surface area contributed by atoms with Gasteiger partial charge in [-0.2, -0.15) is 0 Å². The number of amides is 1. The first-order chi connectivity index (χ1) is 9.29. The number of rotatable bonds is 2. The van der Waals surface area contributed by atoms with Crippen molar-refractivity contribution in [3.8, 4) is 0 Å². The standard InChI is InChI=1S/C16H22N2O/c1-17-13-6-4-10-18(11-13)16(19)15-9-8-12-5-2-3-7-14(12)15/h2-3,5,7,13,15,17H,4,6,8-11H2,1H3. The third kappa shape index (κ3) is 2.39. The van der Waals surface area contributed by atoms with Crippen molar-refractivity contribution in [1.82, 2.24) is 10.2 Å². The average Bonchev–Trinajstić information content (AvgIpc) is 2.90. The molecule has 0 bridgehead atoms. The molecular formula is C16H22N2O. The lowest BCUT2D eigenvalue weighted by Crippen LogP contribution is -2.48. The fourth-order valence-electron chi connectivity index (χ4n) is 3.45. The van der Waals surface area contributed by atoms with Crippen LogP contribution in [0.1, 0.15) is 36.3 Å². The highest BCUT2D eigenvalue weighted by atomic mass is 16.2. The molecule has 1 saturated heterocycles. The Morgan fingerprint density at radius 1 is 1.32 bits per heavy atom. The molecule has 102 valence electrons. The summed E-state index contributed by atoms with van der Waals surface area (Å²) in [5.41, 5.74) is 2.63. The first-order valence-corrected chi connectivity index (χ1v) is 7.33. The molecule has 19 heavy (non-hydrogen) atoms. The van der Waals surface area contributed by atoms with E-state index in [1.54, 1.807) is 0 Å². The predicted molar refractivity (Wildman–Crippen MR) is 76.2 cm³/mol. The van der Waals surface area contributed by atoms with Crippen LogP contribution in [0, 0.1) is 0 Å². The number of carbonyl (C=O) groups is 1. The van der Waals surface area contributed by atoms with E-state index in [0.717, 1.165) is 32.4 Å². The van der Waals surface area contributed by atoms with Crippen LogP contribution in [0.5, 0.6) is 0 Å². The molecule has 0 radical (unpaired) electrons. The summed E-state index contributed by atoms with van der Waals surface area (Å²) < 4.78 is 0. The van der Waals surface area contributed by atoms with Gasteiger partial charge in [-0.05, 0) is 43.9 Å². The number of nitrogens with one attached hydrogen (secondary N) is 1. The van der Waals surface area contributed by atoms with E-state index in [1.165, 1.54) is 17.5 Å². The maximum Gasteiger partial charge on any atom is 0.230 e. The van der Waals surface area contributed by atoms with Gasteiger partial charge in [-0.1, -0.05) is 24.3 Å². The Bertz CT molecular complexity index is 472. The molecule has 1 amide bonds. The van der Waals surface area contributed by atoms with Crippen LogP contribution in [0.2, 0.25) is 0 Å². The zero-order chi connectivity index (χ0) is 13.2. The van der Waals surface area contributed by atoms with Gasteiger partial charge in [-0.3, -0.25) is 4.79 Å². The Morgan fingerprint density at radius 2 is 2.16 bits per heavy atom. The highest BCUT2D eigenvalue weighted by Gasteiger charge is 2.33. The largest absolute Gasteiger partial charge is 0.341 e. The Morgan fingerprint density at radius 3 is 3.00 bits per heavy atom. The van der Waals surface area contributed by atoms with E-state index >= 15 is 0 Å². The van der Waals surface area contributed by atoms with E-state index in [4.69, 9.17) is 0 Å². The molecule has 3 heteroatoms. The van der Waals surface area contributed by atoms with Crippen LogP contribution in [-0.4, -0.2) is 37.0 Å². The smallest absolute Gasteiger partial charge is 0.230 e. The van der Waals surface area contributed by atoms with E-state index in [1.807, 2.05) is 7.05 Å². The average molecular weight is 258 g/mol. The quantitative estimate of drug-likeness (QED) is 0.879. The van der Waals surface area contributed by atoms with Gasteiger partial charge in [0.15, 0.2) is 0 Å². The van der Waals surface area contributed by atoms with E-state index in [-0.39, 0.29) is 5.92 Å². The number of likely N-dealkylation sites (tertiary alicyclic amines) is 1. The maximum absolute atomic E-state index is 12.7. The number of carbonyl (C=O) groups excluding carboxylic acids is 1. The summed E-state index contributed by atoms with van der Waals surface area (Å²) in [6.07, 6.45) is 4.34. The molecule has 1 fully saturated rings. The normalized spacial score (nSPS) is 26.3. The number of likely N-dealkylation sites (N-methyl/N-ethyl adjacent to an activating group) is 1. The molecule has 1 aliphatic heterocycles. The van der Waals surface area contributed by atoms with Crippen molar-refractivity contribution in [3.05, 3.63) is 35.4 Å². The molecule has 2 atom stereocenters. The summed E-state index contributed by atoms with van der Waals surface area (Å²) in [4.78, 5) is 14.8.